The van der Waals surface area contributed by atoms with Crippen LogP contribution in [0.5, 0.6) is 0 Å². The third-order valence-corrected chi connectivity index (χ3v) is 3.42. The summed E-state index contributed by atoms with van der Waals surface area (Å²) in [6.07, 6.45) is 1.65. The molecule has 100 valence electrons. The van der Waals surface area contributed by atoms with E-state index in [0.717, 1.165) is 19.4 Å². The van der Waals surface area contributed by atoms with E-state index in [1.54, 1.807) is 0 Å². The lowest BCUT2D eigenvalue weighted by molar-refractivity contribution is -0.130. The molecule has 17 heavy (non-hydrogen) atoms. The molecule has 0 aliphatic heterocycles. The summed E-state index contributed by atoms with van der Waals surface area (Å²) >= 11 is 0. The summed E-state index contributed by atoms with van der Waals surface area (Å²) in [5.74, 6) is 0.0912. The molecule has 0 aliphatic rings. The maximum Gasteiger partial charge on any atom is 0.185 e. The maximum atomic E-state index is 12.4. The number of guanidine groups is 1. The smallest absolute Gasteiger partial charge is 0.185 e. The molecule has 1 atom stereocenters. The number of Topliss-reactive ketones (excluding diaryl/α,β-unsaturated/α-hetero) is 1. The monoisotopic (exact) mass is 242 g/mol. The topological polar surface area (TPSA) is 91.0 Å². The largest absolute Gasteiger partial charge is 0.370 e. The second kappa shape index (κ2) is 7.27. The van der Waals surface area contributed by atoms with Crippen molar-refractivity contribution in [1.82, 2.24) is 10.6 Å². The minimum Gasteiger partial charge on any atom is -0.370 e. The first kappa shape index (κ1) is 15.9. The summed E-state index contributed by atoms with van der Waals surface area (Å²) < 4.78 is 0. The van der Waals surface area contributed by atoms with Crippen LogP contribution in [0.25, 0.3) is 0 Å². The summed E-state index contributed by atoms with van der Waals surface area (Å²) in [7, 11) is 0. The van der Waals surface area contributed by atoms with Crippen molar-refractivity contribution in [3.63, 3.8) is 0 Å². The van der Waals surface area contributed by atoms with Gasteiger partial charge in [-0.15, -0.1) is 0 Å². The molecular weight excluding hydrogens is 216 g/mol. The highest BCUT2D eigenvalue weighted by Crippen LogP contribution is 2.27. The van der Waals surface area contributed by atoms with E-state index >= 15 is 0 Å². The van der Waals surface area contributed by atoms with Gasteiger partial charge in [-0.05, 0) is 19.4 Å². The van der Waals surface area contributed by atoms with Crippen molar-refractivity contribution < 1.29 is 4.79 Å². The minimum absolute atomic E-state index is 0.101. The van der Waals surface area contributed by atoms with Gasteiger partial charge in [-0.1, -0.05) is 27.7 Å². The zero-order valence-corrected chi connectivity index (χ0v) is 11.4. The van der Waals surface area contributed by atoms with E-state index in [9.17, 15) is 4.79 Å². The molecule has 0 heterocycles. The number of likely N-dealkylation sites (N-methyl/N-ethyl adjacent to an activating group) is 1. The number of ketones is 1. The molecule has 0 unspecified atom stereocenters. The first-order valence-corrected chi connectivity index (χ1v) is 6.26. The highest BCUT2D eigenvalue weighted by Gasteiger charge is 2.34. The van der Waals surface area contributed by atoms with Crippen LogP contribution < -0.4 is 16.4 Å². The first-order chi connectivity index (χ1) is 7.91. The lowest BCUT2D eigenvalue weighted by atomic mass is 9.77. The van der Waals surface area contributed by atoms with Crippen LogP contribution in [0.15, 0.2) is 0 Å². The SMILES string of the molecule is CCN[C@@H](CNC(=N)N)C(=O)C(C)(CC)CC. The number of hydrogen-bond donors (Lipinski definition) is 4. The Morgan fingerprint density at radius 1 is 1.35 bits per heavy atom. The van der Waals surface area contributed by atoms with Gasteiger partial charge in [0.1, 0.15) is 0 Å². The van der Waals surface area contributed by atoms with Gasteiger partial charge in [0.15, 0.2) is 11.7 Å². The molecule has 0 rings (SSSR count). The molecule has 0 saturated heterocycles. The van der Waals surface area contributed by atoms with Crippen LogP contribution in [0.2, 0.25) is 0 Å². The number of hydrogen-bond acceptors (Lipinski definition) is 3. The molecule has 5 nitrogen and oxygen atoms in total. The third kappa shape index (κ3) is 4.73. The third-order valence-electron chi connectivity index (χ3n) is 3.42. The van der Waals surface area contributed by atoms with Crippen molar-refractivity contribution in [1.29, 1.82) is 5.41 Å². The Morgan fingerprint density at radius 2 is 1.88 bits per heavy atom. The van der Waals surface area contributed by atoms with Crippen LogP contribution in [-0.4, -0.2) is 30.9 Å². The van der Waals surface area contributed by atoms with E-state index in [-0.39, 0.29) is 23.2 Å². The standard InChI is InChI=1S/C12H26N4O/c1-5-12(4,6-2)10(17)9(15-7-3)8-16-11(13)14/h9,15H,5-8H2,1-4H3,(H4,13,14,16)/t9-/m0/s1. The lowest BCUT2D eigenvalue weighted by Crippen LogP contribution is -2.51. The molecule has 0 amide bonds. The van der Waals surface area contributed by atoms with Gasteiger partial charge in [0, 0.05) is 12.0 Å². The average Bonchev–Trinajstić information content (AvgIpc) is 2.32. The molecule has 5 N–H and O–H groups in total. The van der Waals surface area contributed by atoms with Crippen molar-refractivity contribution in [2.24, 2.45) is 11.1 Å². The van der Waals surface area contributed by atoms with Crippen LogP contribution in [0.4, 0.5) is 0 Å². The zero-order chi connectivity index (χ0) is 13.5. The van der Waals surface area contributed by atoms with Crippen molar-refractivity contribution in [3.8, 4) is 0 Å². The van der Waals surface area contributed by atoms with Gasteiger partial charge >= 0.3 is 0 Å². The second-order valence-corrected chi connectivity index (χ2v) is 4.54. The summed E-state index contributed by atoms with van der Waals surface area (Å²) in [6.45, 7) is 9.11. The van der Waals surface area contributed by atoms with Crippen LogP contribution in [0.1, 0.15) is 40.5 Å². The van der Waals surface area contributed by atoms with Gasteiger partial charge in [0.05, 0.1) is 6.04 Å². The van der Waals surface area contributed by atoms with Gasteiger partial charge in [0.2, 0.25) is 0 Å². The molecule has 0 aromatic heterocycles. The predicted molar refractivity (Wildman–Crippen MR) is 71.1 cm³/mol. The number of carbonyl (C=O) groups excluding carboxylic acids is 1. The van der Waals surface area contributed by atoms with Gasteiger partial charge in [-0.3, -0.25) is 10.2 Å². The van der Waals surface area contributed by atoms with E-state index in [1.807, 2.05) is 27.7 Å². The van der Waals surface area contributed by atoms with Crippen LogP contribution >= 0.6 is 0 Å². The van der Waals surface area contributed by atoms with E-state index in [4.69, 9.17) is 11.1 Å². The Kier molecular flexibility index (Phi) is 6.80. The average molecular weight is 242 g/mol. The predicted octanol–water partition coefficient (Wildman–Crippen LogP) is 0.843. The zero-order valence-electron chi connectivity index (χ0n) is 11.4. The summed E-state index contributed by atoms with van der Waals surface area (Å²) in [4.78, 5) is 12.4. The normalized spacial score (nSPS) is 13.2. The summed E-state index contributed by atoms with van der Waals surface area (Å²) in [5.41, 5.74) is 4.94. The van der Waals surface area contributed by atoms with Crippen LogP contribution in [-0.2, 0) is 4.79 Å². The number of nitrogens with one attached hydrogen (secondary N) is 3. The molecule has 0 radical (unpaired) electrons. The molecule has 0 spiro atoms. The van der Waals surface area contributed by atoms with Gasteiger partial charge in [-0.25, -0.2) is 0 Å². The minimum atomic E-state index is -0.300. The Bertz CT molecular complexity index is 261. The quantitative estimate of drug-likeness (QED) is 0.375. The Hall–Kier alpha value is -1.10. The maximum absolute atomic E-state index is 12.4. The van der Waals surface area contributed by atoms with Crippen molar-refractivity contribution in [2.45, 2.75) is 46.6 Å². The summed E-state index contributed by atoms with van der Waals surface area (Å²) in [6, 6.07) is -0.284. The molecule has 5 heteroatoms. The van der Waals surface area contributed by atoms with Gasteiger partial charge in [0.25, 0.3) is 0 Å². The number of nitrogens with two attached hydrogens (primary N) is 1. The molecule has 0 fully saturated rings. The number of carbonyl (C=O) groups is 1. The first-order valence-electron chi connectivity index (χ1n) is 6.26. The fourth-order valence-corrected chi connectivity index (χ4v) is 1.74. The molecule has 0 aromatic carbocycles. The fraction of sp³-hybridized carbons (Fsp3) is 0.833. The lowest BCUT2D eigenvalue weighted by Gasteiger charge is -2.30. The summed E-state index contributed by atoms with van der Waals surface area (Å²) in [5, 5.41) is 13.0. The highest BCUT2D eigenvalue weighted by atomic mass is 16.1. The van der Waals surface area contributed by atoms with Gasteiger partial charge in [-0.2, -0.15) is 0 Å². The van der Waals surface area contributed by atoms with Crippen LogP contribution in [0.3, 0.4) is 0 Å². The second-order valence-electron chi connectivity index (χ2n) is 4.54. The molecule has 0 saturated carbocycles. The molecule has 0 aromatic rings. The Labute approximate surface area is 104 Å². The highest BCUT2D eigenvalue weighted by molar-refractivity contribution is 5.90. The van der Waals surface area contributed by atoms with E-state index < -0.39 is 0 Å². The Morgan fingerprint density at radius 3 is 2.24 bits per heavy atom. The van der Waals surface area contributed by atoms with Crippen molar-refractivity contribution >= 4 is 11.7 Å². The van der Waals surface area contributed by atoms with E-state index in [1.165, 1.54) is 0 Å². The van der Waals surface area contributed by atoms with Crippen molar-refractivity contribution in [3.05, 3.63) is 0 Å². The van der Waals surface area contributed by atoms with Crippen LogP contribution in [0, 0.1) is 10.8 Å². The fourth-order valence-electron chi connectivity index (χ4n) is 1.74. The Balaban J connectivity index is 4.68. The molecule has 0 aliphatic carbocycles. The van der Waals surface area contributed by atoms with E-state index in [2.05, 4.69) is 10.6 Å². The molecule has 0 bridgehead atoms. The number of rotatable bonds is 8. The van der Waals surface area contributed by atoms with Crippen molar-refractivity contribution in [2.75, 3.05) is 13.1 Å². The molecular formula is C12H26N4O. The van der Waals surface area contributed by atoms with E-state index in [0.29, 0.717) is 6.54 Å². The van der Waals surface area contributed by atoms with Gasteiger partial charge < -0.3 is 16.4 Å².